The molecular formula is C17H21FN4O. The van der Waals surface area contributed by atoms with Gasteiger partial charge in [-0.25, -0.2) is 14.2 Å². The van der Waals surface area contributed by atoms with Crippen LogP contribution in [0.3, 0.4) is 0 Å². The fourth-order valence-electron chi connectivity index (χ4n) is 2.94. The van der Waals surface area contributed by atoms with Gasteiger partial charge >= 0.3 is 6.03 Å². The highest BCUT2D eigenvalue weighted by molar-refractivity contribution is 5.74. The Morgan fingerprint density at radius 3 is 2.91 bits per heavy atom. The van der Waals surface area contributed by atoms with Crippen molar-refractivity contribution in [2.75, 3.05) is 19.6 Å². The zero-order valence-corrected chi connectivity index (χ0v) is 13.0. The second-order valence-electron chi connectivity index (χ2n) is 5.87. The lowest BCUT2D eigenvalue weighted by Crippen LogP contribution is -2.39. The van der Waals surface area contributed by atoms with Crippen LogP contribution in [-0.2, 0) is 6.54 Å². The molecule has 1 saturated heterocycles. The van der Waals surface area contributed by atoms with Crippen molar-refractivity contribution >= 4 is 6.03 Å². The molecule has 5 nitrogen and oxygen atoms in total. The van der Waals surface area contributed by atoms with Crippen LogP contribution in [0, 0.1) is 5.82 Å². The van der Waals surface area contributed by atoms with Gasteiger partial charge in [-0.05, 0) is 30.5 Å². The van der Waals surface area contributed by atoms with Crippen molar-refractivity contribution < 1.29 is 9.18 Å². The third-order valence-corrected chi connectivity index (χ3v) is 4.25. The molecule has 1 aromatic carbocycles. The van der Waals surface area contributed by atoms with Gasteiger partial charge < -0.3 is 14.8 Å². The van der Waals surface area contributed by atoms with Crippen LogP contribution in [0.4, 0.5) is 9.18 Å². The smallest absolute Gasteiger partial charge is 0.317 e. The standard InChI is InChI=1S/C17H21FN4O/c18-16-4-2-14(3-5-16)15-6-10-22(12-15)17(23)20-7-1-9-21-11-8-19-13-21/h2-5,8,11,13,15H,1,6-7,9-10,12H2,(H,20,23). The van der Waals surface area contributed by atoms with Crippen molar-refractivity contribution in [1.29, 1.82) is 0 Å². The maximum Gasteiger partial charge on any atom is 0.317 e. The van der Waals surface area contributed by atoms with E-state index in [9.17, 15) is 9.18 Å². The fraction of sp³-hybridized carbons (Fsp3) is 0.412. The predicted molar refractivity (Wildman–Crippen MR) is 85.6 cm³/mol. The van der Waals surface area contributed by atoms with E-state index in [1.54, 1.807) is 12.5 Å². The van der Waals surface area contributed by atoms with Crippen LogP contribution in [0.15, 0.2) is 43.0 Å². The Kier molecular flexibility index (Phi) is 4.90. The average Bonchev–Trinajstić information content (AvgIpc) is 3.24. The molecule has 1 atom stereocenters. The lowest BCUT2D eigenvalue weighted by molar-refractivity contribution is 0.208. The van der Waals surface area contributed by atoms with Crippen LogP contribution in [0.5, 0.6) is 0 Å². The molecule has 23 heavy (non-hydrogen) atoms. The monoisotopic (exact) mass is 316 g/mol. The Balaban J connectivity index is 1.41. The van der Waals surface area contributed by atoms with E-state index in [4.69, 9.17) is 0 Å². The number of nitrogens with one attached hydrogen (secondary N) is 1. The van der Waals surface area contributed by atoms with Crippen LogP contribution >= 0.6 is 0 Å². The second-order valence-corrected chi connectivity index (χ2v) is 5.87. The highest BCUT2D eigenvalue weighted by Gasteiger charge is 2.26. The van der Waals surface area contributed by atoms with E-state index in [1.807, 2.05) is 27.8 Å². The summed E-state index contributed by atoms with van der Waals surface area (Å²) in [5.41, 5.74) is 1.10. The summed E-state index contributed by atoms with van der Waals surface area (Å²) in [6.07, 6.45) is 7.23. The number of carbonyl (C=O) groups is 1. The van der Waals surface area contributed by atoms with Crippen LogP contribution in [0.25, 0.3) is 0 Å². The summed E-state index contributed by atoms with van der Waals surface area (Å²) in [5.74, 6) is 0.0755. The lowest BCUT2D eigenvalue weighted by Gasteiger charge is -2.17. The van der Waals surface area contributed by atoms with E-state index < -0.39 is 0 Å². The SMILES string of the molecule is O=C(NCCCn1ccnc1)N1CCC(c2ccc(F)cc2)C1. The number of urea groups is 1. The van der Waals surface area contributed by atoms with Gasteiger partial charge in [0.2, 0.25) is 0 Å². The number of hydrogen-bond acceptors (Lipinski definition) is 2. The first-order chi connectivity index (χ1) is 11.2. The minimum absolute atomic E-state index is 0.0137. The summed E-state index contributed by atoms with van der Waals surface area (Å²) in [6.45, 7) is 2.93. The Morgan fingerprint density at radius 2 is 2.17 bits per heavy atom. The molecule has 3 rings (SSSR count). The Labute approximate surface area is 135 Å². The van der Waals surface area contributed by atoms with Gasteiger partial charge in [-0.2, -0.15) is 0 Å². The van der Waals surface area contributed by atoms with Crippen molar-refractivity contribution in [3.05, 3.63) is 54.4 Å². The van der Waals surface area contributed by atoms with Gasteiger partial charge in [-0.3, -0.25) is 0 Å². The van der Waals surface area contributed by atoms with Crippen molar-refractivity contribution in [2.24, 2.45) is 0 Å². The molecule has 1 fully saturated rings. The molecule has 0 aliphatic carbocycles. The number of carbonyl (C=O) groups excluding carboxylic acids is 1. The number of imidazole rings is 1. The first kappa shape index (κ1) is 15.5. The number of benzene rings is 1. The number of halogens is 1. The summed E-state index contributed by atoms with van der Waals surface area (Å²) in [6, 6.07) is 6.57. The van der Waals surface area contributed by atoms with Crippen molar-refractivity contribution in [2.45, 2.75) is 25.3 Å². The molecular weight excluding hydrogens is 295 g/mol. The molecule has 0 saturated carbocycles. The number of nitrogens with zero attached hydrogens (tertiary/aromatic N) is 3. The Morgan fingerprint density at radius 1 is 1.35 bits per heavy atom. The molecule has 6 heteroatoms. The van der Waals surface area contributed by atoms with Crippen molar-refractivity contribution in [1.82, 2.24) is 19.8 Å². The van der Waals surface area contributed by atoms with E-state index in [2.05, 4.69) is 10.3 Å². The average molecular weight is 316 g/mol. The lowest BCUT2D eigenvalue weighted by atomic mass is 9.99. The predicted octanol–water partition coefficient (Wildman–Crippen LogP) is 2.61. The molecule has 0 bridgehead atoms. The summed E-state index contributed by atoms with van der Waals surface area (Å²) in [5, 5.41) is 2.96. The summed E-state index contributed by atoms with van der Waals surface area (Å²) < 4.78 is 15.0. The molecule has 2 heterocycles. The molecule has 2 aromatic rings. The van der Waals surface area contributed by atoms with E-state index in [0.717, 1.165) is 31.5 Å². The molecule has 1 aliphatic heterocycles. The van der Waals surface area contributed by atoms with Crippen molar-refractivity contribution in [3.63, 3.8) is 0 Å². The summed E-state index contributed by atoms with van der Waals surface area (Å²) >= 11 is 0. The number of aryl methyl sites for hydroxylation is 1. The number of amides is 2. The summed E-state index contributed by atoms with van der Waals surface area (Å²) in [4.78, 5) is 18.0. The van der Waals surface area contributed by atoms with Crippen LogP contribution in [0.1, 0.15) is 24.3 Å². The van der Waals surface area contributed by atoms with E-state index >= 15 is 0 Å². The van der Waals surface area contributed by atoms with Gasteiger partial charge in [-0.1, -0.05) is 12.1 Å². The molecule has 1 N–H and O–H groups in total. The minimum Gasteiger partial charge on any atom is -0.338 e. The topological polar surface area (TPSA) is 50.2 Å². The third kappa shape index (κ3) is 4.09. The minimum atomic E-state index is -0.223. The molecule has 122 valence electrons. The zero-order chi connectivity index (χ0) is 16.1. The Bertz CT molecular complexity index is 627. The van der Waals surface area contributed by atoms with Crippen molar-refractivity contribution in [3.8, 4) is 0 Å². The highest BCUT2D eigenvalue weighted by atomic mass is 19.1. The second kappa shape index (κ2) is 7.26. The largest absolute Gasteiger partial charge is 0.338 e. The van der Waals surface area contributed by atoms with Crippen LogP contribution in [0.2, 0.25) is 0 Å². The summed E-state index contributed by atoms with van der Waals surface area (Å²) in [7, 11) is 0. The van der Waals surface area contributed by atoms with E-state index in [0.29, 0.717) is 19.0 Å². The maximum atomic E-state index is 13.0. The first-order valence-electron chi connectivity index (χ1n) is 7.96. The zero-order valence-electron chi connectivity index (χ0n) is 13.0. The number of aromatic nitrogens is 2. The van der Waals surface area contributed by atoms with Gasteiger partial charge in [0.25, 0.3) is 0 Å². The van der Waals surface area contributed by atoms with Crippen LogP contribution in [-0.4, -0.2) is 40.1 Å². The number of hydrogen-bond donors (Lipinski definition) is 1. The van der Waals surface area contributed by atoms with Gasteiger partial charge in [-0.15, -0.1) is 0 Å². The van der Waals surface area contributed by atoms with E-state index in [1.165, 1.54) is 12.1 Å². The molecule has 1 aromatic heterocycles. The molecule has 0 spiro atoms. The van der Waals surface area contributed by atoms with Gasteiger partial charge in [0, 0.05) is 44.5 Å². The van der Waals surface area contributed by atoms with Crippen LogP contribution < -0.4 is 5.32 Å². The highest BCUT2D eigenvalue weighted by Crippen LogP contribution is 2.27. The van der Waals surface area contributed by atoms with Gasteiger partial charge in [0.1, 0.15) is 5.82 Å². The quantitative estimate of drug-likeness (QED) is 0.862. The number of rotatable bonds is 5. The fourth-order valence-corrected chi connectivity index (χ4v) is 2.94. The molecule has 0 radical (unpaired) electrons. The van der Waals surface area contributed by atoms with Gasteiger partial charge in [0.05, 0.1) is 6.33 Å². The normalized spacial score (nSPS) is 17.4. The maximum absolute atomic E-state index is 13.0. The Hall–Kier alpha value is -2.37. The number of likely N-dealkylation sites (tertiary alicyclic amines) is 1. The molecule has 1 unspecified atom stereocenters. The first-order valence-corrected chi connectivity index (χ1v) is 7.96. The third-order valence-electron chi connectivity index (χ3n) is 4.25. The molecule has 1 aliphatic rings. The molecule has 2 amide bonds. The van der Waals surface area contributed by atoms with E-state index in [-0.39, 0.29) is 11.8 Å². The van der Waals surface area contributed by atoms with Gasteiger partial charge in [0.15, 0.2) is 0 Å².